The molecule has 1 aliphatic heterocycles. The normalized spacial score (nSPS) is 13.3. The first kappa shape index (κ1) is 15.4. The highest BCUT2D eigenvalue weighted by Gasteiger charge is 2.17. The van der Waals surface area contributed by atoms with Gasteiger partial charge in [0.1, 0.15) is 11.6 Å². The van der Waals surface area contributed by atoms with Crippen molar-refractivity contribution in [1.29, 1.82) is 0 Å². The quantitative estimate of drug-likeness (QED) is 0.770. The number of aromatic hydroxyl groups is 1. The van der Waals surface area contributed by atoms with E-state index in [0.717, 1.165) is 43.0 Å². The Morgan fingerprint density at radius 3 is 2.84 bits per heavy atom. The van der Waals surface area contributed by atoms with Crippen molar-refractivity contribution >= 4 is 11.6 Å². The second kappa shape index (κ2) is 6.39. The Bertz CT molecular complexity index is 933. The van der Waals surface area contributed by atoms with Gasteiger partial charge < -0.3 is 15.0 Å². The number of para-hydroxylation sites is 1. The van der Waals surface area contributed by atoms with Crippen molar-refractivity contribution in [3.8, 4) is 17.1 Å². The molecule has 0 fully saturated rings. The second-order valence-corrected chi connectivity index (χ2v) is 6.10. The number of benzene rings is 2. The molecule has 1 aromatic heterocycles. The van der Waals surface area contributed by atoms with Crippen molar-refractivity contribution in [2.24, 2.45) is 0 Å². The van der Waals surface area contributed by atoms with Gasteiger partial charge in [-0.25, -0.2) is 0 Å². The summed E-state index contributed by atoms with van der Waals surface area (Å²) in [6.45, 7) is 0.923. The van der Waals surface area contributed by atoms with Gasteiger partial charge >= 0.3 is 0 Å². The molecule has 0 atom stereocenters. The fourth-order valence-electron chi connectivity index (χ4n) is 3.12. The molecule has 2 heterocycles. The third kappa shape index (κ3) is 2.98. The minimum Gasteiger partial charge on any atom is -0.507 e. The molecule has 1 amide bonds. The van der Waals surface area contributed by atoms with E-state index in [1.165, 1.54) is 6.07 Å². The van der Waals surface area contributed by atoms with Crippen molar-refractivity contribution in [2.45, 2.75) is 25.8 Å². The molecule has 0 bridgehead atoms. The molecule has 0 saturated carbocycles. The molecular formula is C19H18N4O2. The number of fused-ring (bicyclic) bond motifs is 1. The van der Waals surface area contributed by atoms with Crippen molar-refractivity contribution in [3.63, 3.8) is 0 Å². The Morgan fingerprint density at radius 1 is 1.08 bits per heavy atom. The van der Waals surface area contributed by atoms with E-state index in [9.17, 15) is 9.90 Å². The number of aromatic nitrogens is 3. The van der Waals surface area contributed by atoms with E-state index in [-0.39, 0.29) is 17.2 Å². The zero-order chi connectivity index (χ0) is 17.2. The lowest BCUT2D eigenvalue weighted by atomic mass is 10.1. The number of rotatable bonds is 3. The lowest BCUT2D eigenvalue weighted by Crippen LogP contribution is -2.13. The minimum atomic E-state index is -0.349. The summed E-state index contributed by atoms with van der Waals surface area (Å²) >= 11 is 0. The number of phenols is 1. The summed E-state index contributed by atoms with van der Waals surface area (Å²) in [6.07, 6.45) is 3.23. The molecule has 0 radical (unpaired) electrons. The highest BCUT2D eigenvalue weighted by Crippen LogP contribution is 2.25. The van der Waals surface area contributed by atoms with Gasteiger partial charge in [0.15, 0.2) is 5.82 Å². The van der Waals surface area contributed by atoms with Crippen LogP contribution in [0.25, 0.3) is 11.4 Å². The lowest BCUT2D eigenvalue weighted by molar-refractivity contribution is 0.102. The summed E-state index contributed by atoms with van der Waals surface area (Å²) in [5, 5.41) is 21.2. The summed E-state index contributed by atoms with van der Waals surface area (Å²) in [5.74, 6) is 1.46. The van der Waals surface area contributed by atoms with Crippen LogP contribution in [0, 0.1) is 0 Å². The molecule has 2 aromatic carbocycles. The molecule has 6 nitrogen and oxygen atoms in total. The molecule has 0 spiro atoms. The Balaban J connectivity index is 1.61. The Kier molecular flexibility index (Phi) is 3.93. The summed E-state index contributed by atoms with van der Waals surface area (Å²) in [7, 11) is 0. The summed E-state index contributed by atoms with van der Waals surface area (Å²) in [4.78, 5) is 12.4. The molecule has 6 heteroatoms. The Morgan fingerprint density at radius 2 is 1.96 bits per heavy atom. The molecule has 25 heavy (non-hydrogen) atoms. The third-order valence-corrected chi connectivity index (χ3v) is 4.39. The SMILES string of the molecule is O=C(Nc1cccc(-c2nnc3n2CCCC3)c1)c1ccccc1O. The number of hydrogen-bond acceptors (Lipinski definition) is 4. The number of carbonyl (C=O) groups is 1. The van der Waals surface area contributed by atoms with Crippen molar-refractivity contribution in [1.82, 2.24) is 14.8 Å². The van der Waals surface area contributed by atoms with Crippen LogP contribution in [0.1, 0.15) is 29.0 Å². The highest BCUT2D eigenvalue weighted by atomic mass is 16.3. The first-order chi connectivity index (χ1) is 12.2. The van der Waals surface area contributed by atoms with E-state index < -0.39 is 0 Å². The molecule has 126 valence electrons. The standard InChI is InChI=1S/C19H18N4O2/c24-16-9-2-1-8-15(16)19(25)20-14-7-5-6-13(12-14)18-22-21-17-10-3-4-11-23(17)18/h1-2,5-9,12,24H,3-4,10-11H2,(H,20,25). The van der Waals surface area contributed by atoms with Crippen LogP contribution in [-0.2, 0) is 13.0 Å². The maximum Gasteiger partial charge on any atom is 0.259 e. The maximum absolute atomic E-state index is 12.4. The Hall–Kier alpha value is -3.15. The number of phenolic OH excluding ortho intramolecular Hbond substituents is 1. The van der Waals surface area contributed by atoms with Gasteiger partial charge in [-0.15, -0.1) is 10.2 Å². The summed E-state index contributed by atoms with van der Waals surface area (Å²) in [6, 6.07) is 14.0. The maximum atomic E-state index is 12.4. The highest BCUT2D eigenvalue weighted by molar-refractivity contribution is 6.06. The van der Waals surface area contributed by atoms with Gasteiger partial charge in [-0.05, 0) is 37.1 Å². The smallest absolute Gasteiger partial charge is 0.259 e. The minimum absolute atomic E-state index is 0.0392. The van der Waals surface area contributed by atoms with Gasteiger partial charge in [0.25, 0.3) is 5.91 Å². The average Bonchev–Trinajstić information content (AvgIpc) is 3.06. The van der Waals surface area contributed by atoms with Crippen LogP contribution in [0.5, 0.6) is 5.75 Å². The van der Waals surface area contributed by atoms with Crippen LogP contribution in [0.2, 0.25) is 0 Å². The van der Waals surface area contributed by atoms with Gasteiger partial charge in [0.05, 0.1) is 5.56 Å². The van der Waals surface area contributed by atoms with Crippen LogP contribution in [0.15, 0.2) is 48.5 Å². The number of anilines is 1. The fraction of sp³-hybridized carbons (Fsp3) is 0.211. The van der Waals surface area contributed by atoms with E-state index in [1.807, 2.05) is 24.3 Å². The number of hydrogen-bond donors (Lipinski definition) is 2. The predicted octanol–water partition coefficient (Wildman–Crippen LogP) is 3.24. The molecular weight excluding hydrogens is 316 g/mol. The van der Waals surface area contributed by atoms with Crippen molar-refractivity contribution in [2.75, 3.05) is 5.32 Å². The van der Waals surface area contributed by atoms with Crippen LogP contribution in [0.3, 0.4) is 0 Å². The molecule has 3 aromatic rings. The third-order valence-electron chi connectivity index (χ3n) is 4.39. The second-order valence-electron chi connectivity index (χ2n) is 6.10. The number of carbonyl (C=O) groups excluding carboxylic acids is 1. The molecule has 2 N–H and O–H groups in total. The van der Waals surface area contributed by atoms with Crippen molar-refractivity contribution in [3.05, 3.63) is 59.9 Å². The topological polar surface area (TPSA) is 80.0 Å². The monoisotopic (exact) mass is 334 g/mol. The Labute approximate surface area is 145 Å². The van der Waals surface area contributed by atoms with Crippen molar-refractivity contribution < 1.29 is 9.90 Å². The first-order valence-electron chi connectivity index (χ1n) is 8.34. The zero-order valence-corrected chi connectivity index (χ0v) is 13.6. The predicted molar refractivity (Wildman–Crippen MR) is 94.5 cm³/mol. The summed E-state index contributed by atoms with van der Waals surface area (Å²) < 4.78 is 2.15. The van der Waals surface area contributed by atoms with Gasteiger partial charge in [-0.1, -0.05) is 24.3 Å². The molecule has 1 aliphatic rings. The molecule has 0 aliphatic carbocycles. The number of nitrogens with one attached hydrogen (secondary N) is 1. The first-order valence-corrected chi connectivity index (χ1v) is 8.34. The van der Waals surface area contributed by atoms with Crippen LogP contribution >= 0.6 is 0 Å². The van der Waals surface area contributed by atoms with Crippen LogP contribution in [-0.4, -0.2) is 25.8 Å². The van der Waals surface area contributed by atoms with E-state index in [4.69, 9.17) is 0 Å². The van der Waals surface area contributed by atoms with E-state index >= 15 is 0 Å². The van der Waals surface area contributed by atoms with Gasteiger partial charge in [-0.3, -0.25) is 4.79 Å². The average molecular weight is 334 g/mol. The number of aryl methyl sites for hydroxylation is 1. The fourth-order valence-corrected chi connectivity index (χ4v) is 3.12. The molecule has 0 saturated heterocycles. The number of nitrogens with zero attached hydrogens (tertiary/aromatic N) is 3. The van der Waals surface area contributed by atoms with Gasteiger partial charge in [-0.2, -0.15) is 0 Å². The molecule has 0 unspecified atom stereocenters. The lowest BCUT2D eigenvalue weighted by Gasteiger charge is -2.15. The van der Waals surface area contributed by atoms with Gasteiger partial charge in [0.2, 0.25) is 0 Å². The van der Waals surface area contributed by atoms with E-state index in [1.54, 1.807) is 18.2 Å². The zero-order valence-electron chi connectivity index (χ0n) is 13.6. The van der Waals surface area contributed by atoms with E-state index in [2.05, 4.69) is 20.1 Å². The van der Waals surface area contributed by atoms with E-state index in [0.29, 0.717) is 5.69 Å². The molecule has 4 rings (SSSR count). The van der Waals surface area contributed by atoms with Crippen LogP contribution < -0.4 is 5.32 Å². The van der Waals surface area contributed by atoms with Gasteiger partial charge in [0, 0.05) is 24.2 Å². The number of amides is 1. The largest absolute Gasteiger partial charge is 0.507 e. The summed E-state index contributed by atoms with van der Waals surface area (Å²) in [5.41, 5.74) is 1.81. The van der Waals surface area contributed by atoms with Crippen LogP contribution in [0.4, 0.5) is 5.69 Å².